The minimum Gasteiger partial charge on any atom is -0.389 e. The van der Waals surface area contributed by atoms with Crippen LogP contribution in [0.25, 0.3) is 0 Å². The number of alkyl halides is 3. The van der Waals surface area contributed by atoms with Crippen LogP contribution < -0.4 is 10.6 Å². The Morgan fingerprint density at radius 1 is 1.14 bits per heavy atom. The van der Waals surface area contributed by atoms with Crippen molar-refractivity contribution in [3.05, 3.63) is 75.4 Å². The topological polar surface area (TPSA) is 64.9 Å². The normalized spacial score (nSPS) is 11.6. The fourth-order valence-corrected chi connectivity index (χ4v) is 2.56. The first kappa shape index (κ1) is 21.6. The number of carbonyl (C=O) groups is 1. The van der Waals surface area contributed by atoms with E-state index in [0.717, 1.165) is 11.6 Å². The summed E-state index contributed by atoms with van der Waals surface area (Å²) in [6, 6.07) is 11.9. The summed E-state index contributed by atoms with van der Waals surface area (Å²) in [5.41, 5.74) is -0.465. The zero-order valence-corrected chi connectivity index (χ0v) is 15.8. The highest BCUT2D eigenvalue weighted by atomic mass is 35.5. The Labute approximate surface area is 169 Å². The van der Waals surface area contributed by atoms with Crippen molar-refractivity contribution in [2.45, 2.75) is 12.6 Å². The van der Waals surface area contributed by atoms with Crippen LogP contribution in [-0.2, 0) is 17.4 Å². The molecule has 4 nitrogen and oxygen atoms in total. The van der Waals surface area contributed by atoms with Gasteiger partial charge in [-0.3, -0.25) is 4.79 Å². The molecule has 0 saturated carbocycles. The van der Waals surface area contributed by atoms with Crippen molar-refractivity contribution in [1.29, 1.82) is 5.26 Å². The molecule has 0 spiro atoms. The number of halogens is 5. The second-order valence-corrected chi connectivity index (χ2v) is 6.49. The van der Waals surface area contributed by atoms with E-state index >= 15 is 0 Å². The highest BCUT2D eigenvalue weighted by molar-refractivity contribution is 6.31. The van der Waals surface area contributed by atoms with Gasteiger partial charge in [-0.25, -0.2) is 0 Å². The summed E-state index contributed by atoms with van der Waals surface area (Å²) in [6.45, 7) is 0.444. The van der Waals surface area contributed by atoms with Gasteiger partial charge in [-0.05, 0) is 42.3 Å². The number of amides is 1. The van der Waals surface area contributed by atoms with Crippen LogP contribution in [0.5, 0.6) is 0 Å². The molecule has 28 heavy (non-hydrogen) atoms. The first-order valence-electron chi connectivity index (χ1n) is 7.97. The van der Waals surface area contributed by atoms with E-state index in [1.807, 2.05) is 12.1 Å². The fraction of sp³-hybridized carbons (Fsp3) is 0.158. The highest BCUT2D eigenvalue weighted by Gasteiger charge is 2.33. The maximum Gasteiger partial charge on any atom is 0.417 e. The van der Waals surface area contributed by atoms with Crippen LogP contribution in [0.1, 0.15) is 11.1 Å². The largest absolute Gasteiger partial charge is 0.417 e. The third kappa shape index (κ3) is 6.19. The number of anilines is 1. The van der Waals surface area contributed by atoms with Crippen molar-refractivity contribution in [2.75, 3.05) is 11.9 Å². The molecule has 2 N–H and O–H groups in total. The van der Waals surface area contributed by atoms with Crippen LogP contribution in [0.4, 0.5) is 18.9 Å². The third-order valence-corrected chi connectivity index (χ3v) is 4.19. The van der Waals surface area contributed by atoms with Crippen molar-refractivity contribution in [2.24, 2.45) is 0 Å². The first-order valence-corrected chi connectivity index (χ1v) is 8.72. The summed E-state index contributed by atoms with van der Waals surface area (Å²) < 4.78 is 38.6. The monoisotopic (exact) mass is 427 g/mol. The van der Waals surface area contributed by atoms with Crippen molar-refractivity contribution in [3.8, 4) is 6.07 Å². The van der Waals surface area contributed by atoms with Crippen LogP contribution in [0.3, 0.4) is 0 Å². The van der Waals surface area contributed by atoms with Gasteiger partial charge in [-0.1, -0.05) is 35.3 Å². The zero-order chi connectivity index (χ0) is 20.7. The number of nitrogens with one attached hydrogen (secondary N) is 2. The van der Waals surface area contributed by atoms with E-state index in [1.165, 1.54) is 12.3 Å². The molecule has 0 aromatic heterocycles. The molecule has 0 aliphatic rings. The molecule has 0 atom stereocenters. The van der Waals surface area contributed by atoms with Gasteiger partial charge in [-0.15, -0.1) is 0 Å². The molecule has 0 aliphatic heterocycles. The SMILES string of the molecule is N#C/C(=C/NCCc1ccc(Cl)cc1)C(=O)Nc1ccc(Cl)c(C(F)(F)F)c1. The van der Waals surface area contributed by atoms with Gasteiger partial charge in [0.25, 0.3) is 5.91 Å². The van der Waals surface area contributed by atoms with Crippen LogP contribution >= 0.6 is 23.2 Å². The molecule has 0 bridgehead atoms. The molecule has 1 amide bonds. The molecule has 146 valence electrons. The Balaban J connectivity index is 1.98. The Morgan fingerprint density at radius 2 is 1.82 bits per heavy atom. The molecule has 0 saturated heterocycles. The van der Waals surface area contributed by atoms with E-state index in [4.69, 9.17) is 28.5 Å². The van der Waals surface area contributed by atoms with Gasteiger partial charge in [-0.2, -0.15) is 18.4 Å². The zero-order valence-electron chi connectivity index (χ0n) is 14.3. The summed E-state index contributed by atoms with van der Waals surface area (Å²) in [4.78, 5) is 12.1. The predicted octanol–water partition coefficient (Wildman–Crippen LogP) is 5.19. The minimum absolute atomic E-state index is 0.121. The van der Waals surface area contributed by atoms with Gasteiger partial charge in [0.1, 0.15) is 11.6 Å². The second-order valence-electron chi connectivity index (χ2n) is 5.65. The Morgan fingerprint density at radius 3 is 2.43 bits per heavy atom. The number of carbonyl (C=O) groups excluding carboxylic acids is 1. The average Bonchev–Trinajstić information content (AvgIpc) is 2.64. The van der Waals surface area contributed by atoms with Crippen molar-refractivity contribution < 1.29 is 18.0 Å². The van der Waals surface area contributed by atoms with Gasteiger partial charge in [0.15, 0.2) is 0 Å². The third-order valence-electron chi connectivity index (χ3n) is 3.61. The molecule has 0 radical (unpaired) electrons. The van der Waals surface area contributed by atoms with Gasteiger partial charge in [0.2, 0.25) is 0 Å². The number of rotatable bonds is 6. The standard InChI is InChI=1S/C19H14Cl2F3N3O/c20-14-3-1-12(2-4-14)7-8-26-11-13(10-25)18(28)27-15-5-6-17(21)16(9-15)19(22,23)24/h1-6,9,11,26H,7-8H2,(H,27,28)/b13-11-. The lowest BCUT2D eigenvalue weighted by atomic mass is 10.1. The summed E-state index contributed by atoms with van der Waals surface area (Å²) in [7, 11) is 0. The molecule has 9 heteroatoms. The number of nitriles is 1. The maximum atomic E-state index is 12.9. The quantitative estimate of drug-likeness (QED) is 0.378. The maximum absolute atomic E-state index is 12.9. The smallest absolute Gasteiger partial charge is 0.389 e. The van der Waals surface area contributed by atoms with Crippen LogP contribution in [0.15, 0.2) is 54.2 Å². The molecule has 2 aromatic carbocycles. The van der Waals surface area contributed by atoms with E-state index in [0.29, 0.717) is 24.1 Å². The van der Waals surface area contributed by atoms with Crippen molar-refractivity contribution in [1.82, 2.24) is 5.32 Å². The van der Waals surface area contributed by atoms with Crippen molar-refractivity contribution >= 4 is 34.8 Å². The minimum atomic E-state index is -4.66. The van der Waals surface area contributed by atoms with E-state index in [-0.39, 0.29) is 11.3 Å². The first-order chi connectivity index (χ1) is 13.2. The summed E-state index contributed by atoms with van der Waals surface area (Å²) >= 11 is 11.3. The molecule has 0 heterocycles. The van der Waals surface area contributed by atoms with E-state index in [9.17, 15) is 18.0 Å². The van der Waals surface area contributed by atoms with E-state index in [2.05, 4.69) is 10.6 Å². The Bertz CT molecular complexity index is 920. The lowest BCUT2D eigenvalue weighted by Gasteiger charge is -2.11. The predicted molar refractivity (Wildman–Crippen MR) is 102 cm³/mol. The molecule has 2 aromatic rings. The number of nitrogens with zero attached hydrogens (tertiary/aromatic N) is 1. The van der Waals surface area contributed by atoms with E-state index < -0.39 is 22.7 Å². The summed E-state index contributed by atoms with van der Waals surface area (Å²) in [5, 5.41) is 14.3. The second kappa shape index (κ2) is 9.49. The lowest BCUT2D eigenvalue weighted by Crippen LogP contribution is -2.18. The molecule has 0 unspecified atom stereocenters. The molecule has 0 aliphatic carbocycles. The van der Waals surface area contributed by atoms with Crippen LogP contribution in [-0.4, -0.2) is 12.5 Å². The average molecular weight is 428 g/mol. The lowest BCUT2D eigenvalue weighted by molar-refractivity contribution is -0.137. The number of hydrogen-bond acceptors (Lipinski definition) is 3. The van der Waals surface area contributed by atoms with Crippen LogP contribution in [0.2, 0.25) is 10.0 Å². The van der Waals surface area contributed by atoms with E-state index in [1.54, 1.807) is 18.2 Å². The Hall–Kier alpha value is -2.69. The molecular formula is C19H14Cl2F3N3O. The van der Waals surface area contributed by atoms with Gasteiger partial charge in [0, 0.05) is 23.5 Å². The number of benzene rings is 2. The van der Waals surface area contributed by atoms with Crippen molar-refractivity contribution in [3.63, 3.8) is 0 Å². The fourth-order valence-electron chi connectivity index (χ4n) is 2.21. The molecule has 0 fully saturated rings. The molecule has 2 rings (SSSR count). The summed E-state index contributed by atoms with van der Waals surface area (Å²) in [5.74, 6) is -0.836. The van der Waals surface area contributed by atoms with Gasteiger partial charge in [0.05, 0.1) is 10.6 Å². The van der Waals surface area contributed by atoms with Gasteiger partial charge >= 0.3 is 6.18 Å². The summed E-state index contributed by atoms with van der Waals surface area (Å²) in [6.07, 6.45) is -2.82. The molecular weight excluding hydrogens is 414 g/mol. The number of hydrogen-bond donors (Lipinski definition) is 2. The van der Waals surface area contributed by atoms with Gasteiger partial charge < -0.3 is 10.6 Å². The van der Waals surface area contributed by atoms with Crippen LogP contribution in [0, 0.1) is 11.3 Å². The highest BCUT2D eigenvalue weighted by Crippen LogP contribution is 2.36. The Kier molecular flexibility index (Phi) is 7.32.